The van der Waals surface area contributed by atoms with Gasteiger partial charge < -0.3 is 0 Å². The number of rotatable bonds is 2. The molecule has 0 fully saturated rings. The van der Waals surface area contributed by atoms with Crippen molar-refractivity contribution in [3.63, 3.8) is 0 Å². The summed E-state index contributed by atoms with van der Waals surface area (Å²) in [5, 5.41) is 9.18. The van der Waals surface area contributed by atoms with Crippen molar-refractivity contribution in [3.05, 3.63) is 144 Å². The van der Waals surface area contributed by atoms with Crippen LogP contribution in [0.5, 0.6) is 0 Å². The average Bonchev–Trinajstić information content (AvgIpc) is 3.52. The molecule has 0 bridgehead atoms. The molecule has 0 radical (unpaired) electrons. The van der Waals surface area contributed by atoms with Gasteiger partial charge in [0.2, 0.25) is 0 Å². The molecule has 204 valence electrons. The van der Waals surface area contributed by atoms with E-state index in [4.69, 9.17) is 0 Å². The van der Waals surface area contributed by atoms with Crippen LogP contribution in [0, 0.1) is 6.92 Å². The molecule has 0 N–H and O–H groups in total. The minimum absolute atomic E-state index is 0.0682. The second-order valence-corrected chi connectivity index (χ2v) is 13.6. The minimum Gasteiger partial charge on any atom is -0.135 e. The lowest BCUT2D eigenvalue weighted by Gasteiger charge is -2.23. The predicted molar refractivity (Wildman–Crippen MR) is 188 cm³/mol. The van der Waals surface area contributed by atoms with Crippen molar-refractivity contribution in [3.8, 4) is 32.7 Å². The molecule has 0 unspecified atom stereocenters. The number of aryl methyl sites for hydroxylation is 1. The van der Waals surface area contributed by atoms with Crippen molar-refractivity contribution in [2.24, 2.45) is 0 Å². The quantitative estimate of drug-likeness (QED) is 0.183. The monoisotopic (exact) mass is 566 g/mol. The third kappa shape index (κ3) is 3.43. The molecule has 0 saturated carbocycles. The van der Waals surface area contributed by atoms with E-state index in [-0.39, 0.29) is 5.41 Å². The molecular formula is C42H30S. The zero-order chi connectivity index (χ0) is 28.9. The molecule has 1 heteroatoms. The highest BCUT2D eigenvalue weighted by molar-refractivity contribution is 7.22. The summed E-state index contributed by atoms with van der Waals surface area (Å²) in [4.78, 5) is 1.44. The maximum atomic E-state index is 2.50. The highest BCUT2D eigenvalue weighted by Gasteiger charge is 2.39. The van der Waals surface area contributed by atoms with Crippen molar-refractivity contribution in [1.82, 2.24) is 0 Å². The molecule has 0 spiro atoms. The molecule has 9 rings (SSSR count). The van der Waals surface area contributed by atoms with E-state index in [1.807, 2.05) is 11.3 Å². The van der Waals surface area contributed by atoms with Crippen molar-refractivity contribution in [2.45, 2.75) is 26.2 Å². The standard InChI is InChI=1S/C42H30S/c1-25-19-22-37-35(23-25)40-41(43-37)34-21-20-27(24-36(34)42(40,2)3)38-30-14-6-8-16-32(30)39(33-17-9-7-15-31(33)38)29-18-10-12-26-11-4-5-13-28(26)29/h4-24H,1-3H3. The van der Waals surface area contributed by atoms with Crippen LogP contribution in [0.1, 0.15) is 30.5 Å². The summed E-state index contributed by atoms with van der Waals surface area (Å²) in [6.07, 6.45) is 0. The first kappa shape index (κ1) is 24.8. The van der Waals surface area contributed by atoms with Crippen molar-refractivity contribution in [2.75, 3.05) is 0 Å². The van der Waals surface area contributed by atoms with Crippen LogP contribution >= 0.6 is 11.3 Å². The Balaban J connectivity index is 1.34. The lowest BCUT2D eigenvalue weighted by atomic mass is 9.79. The first-order valence-electron chi connectivity index (χ1n) is 15.1. The normalized spacial score (nSPS) is 13.7. The van der Waals surface area contributed by atoms with Crippen LogP contribution in [0.3, 0.4) is 0 Å². The van der Waals surface area contributed by atoms with Crippen LogP contribution in [0.2, 0.25) is 0 Å². The summed E-state index contributed by atoms with van der Waals surface area (Å²) < 4.78 is 1.39. The van der Waals surface area contributed by atoms with Gasteiger partial charge in [-0.3, -0.25) is 0 Å². The molecule has 43 heavy (non-hydrogen) atoms. The Hall–Kier alpha value is -4.72. The van der Waals surface area contributed by atoms with Crippen molar-refractivity contribution < 1.29 is 0 Å². The summed E-state index contributed by atoms with van der Waals surface area (Å²) >= 11 is 1.95. The molecule has 1 heterocycles. The maximum absolute atomic E-state index is 2.50. The van der Waals surface area contributed by atoms with Gasteiger partial charge in [0.1, 0.15) is 0 Å². The van der Waals surface area contributed by atoms with Gasteiger partial charge in [0.05, 0.1) is 0 Å². The Kier molecular flexibility index (Phi) is 5.14. The first-order chi connectivity index (χ1) is 21.0. The van der Waals surface area contributed by atoms with E-state index in [0.29, 0.717) is 0 Å². The first-order valence-corrected chi connectivity index (χ1v) is 15.9. The third-order valence-electron chi connectivity index (χ3n) is 9.69. The Bertz CT molecular complexity index is 2370. The van der Waals surface area contributed by atoms with Crippen LogP contribution in [0.4, 0.5) is 0 Å². The molecule has 1 aliphatic rings. The fourth-order valence-corrected chi connectivity index (χ4v) is 9.13. The van der Waals surface area contributed by atoms with E-state index in [2.05, 4.69) is 148 Å². The van der Waals surface area contributed by atoms with E-state index < -0.39 is 0 Å². The number of fused-ring (bicyclic) bond motifs is 8. The van der Waals surface area contributed by atoms with Crippen LogP contribution in [0.25, 0.3) is 75.1 Å². The average molecular weight is 567 g/mol. The van der Waals surface area contributed by atoms with Gasteiger partial charge in [0, 0.05) is 15.0 Å². The Morgan fingerprint density at radius 2 is 1.14 bits per heavy atom. The minimum atomic E-state index is -0.0682. The lowest BCUT2D eigenvalue weighted by Crippen LogP contribution is -2.15. The molecule has 0 amide bonds. The highest BCUT2D eigenvalue weighted by Crippen LogP contribution is 2.56. The number of thiophene rings is 1. The summed E-state index contributed by atoms with van der Waals surface area (Å²) in [5.41, 5.74) is 10.8. The van der Waals surface area contributed by atoms with E-state index in [1.54, 1.807) is 0 Å². The molecule has 1 aliphatic carbocycles. The smallest absolute Gasteiger partial charge is 0.0399 e. The number of hydrogen-bond acceptors (Lipinski definition) is 1. The number of benzene rings is 7. The fourth-order valence-electron chi connectivity index (χ4n) is 7.74. The Morgan fingerprint density at radius 1 is 0.512 bits per heavy atom. The van der Waals surface area contributed by atoms with Crippen molar-refractivity contribution in [1.29, 1.82) is 0 Å². The number of hydrogen-bond donors (Lipinski definition) is 0. The van der Waals surface area contributed by atoms with Gasteiger partial charge in [-0.25, -0.2) is 0 Å². The van der Waals surface area contributed by atoms with Gasteiger partial charge in [-0.15, -0.1) is 11.3 Å². The van der Waals surface area contributed by atoms with Crippen LogP contribution < -0.4 is 0 Å². The molecule has 0 aliphatic heterocycles. The maximum Gasteiger partial charge on any atom is 0.0399 e. The van der Waals surface area contributed by atoms with Crippen LogP contribution in [-0.2, 0) is 5.41 Å². The summed E-state index contributed by atoms with van der Waals surface area (Å²) in [6, 6.07) is 47.6. The fraction of sp³-hybridized carbons (Fsp3) is 0.0952. The molecule has 0 nitrogen and oxygen atoms in total. The Labute approximate surface area is 255 Å². The molecule has 1 aromatic heterocycles. The van der Waals surface area contributed by atoms with E-state index >= 15 is 0 Å². The van der Waals surface area contributed by atoms with Crippen LogP contribution in [0.15, 0.2) is 127 Å². The van der Waals surface area contributed by atoms with E-state index in [0.717, 1.165) is 0 Å². The van der Waals surface area contributed by atoms with Gasteiger partial charge in [0.15, 0.2) is 0 Å². The van der Waals surface area contributed by atoms with E-state index in [1.165, 1.54) is 91.8 Å². The predicted octanol–water partition coefficient (Wildman–Crippen LogP) is 12.3. The van der Waals surface area contributed by atoms with E-state index in [9.17, 15) is 0 Å². The Morgan fingerprint density at radius 3 is 1.86 bits per heavy atom. The van der Waals surface area contributed by atoms with Gasteiger partial charge in [-0.05, 0) is 95.7 Å². The molecule has 0 atom stereocenters. The van der Waals surface area contributed by atoms with Gasteiger partial charge in [-0.1, -0.05) is 135 Å². The van der Waals surface area contributed by atoms with Gasteiger partial charge in [0.25, 0.3) is 0 Å². The second kappa shape index (κ2) is 8.89. The second-order valence-electron chi connectivity index (χ2n) is 12.6. The SMILES string of the molecule is Cc1ccc2sc3c(c2c1)C(C)(C)c1cc(-c2c4ccccc4c(-c4cccc5ccccc45)c4ccccc24)ccc1-3. The van der Waals surface area contributed by atoms with Gasteiger partial charge in [-0.2, -0.15) is 0 Å². The van der Waals surface area contributed by atoms with Crippen LogP contribution in [-0.4, -0.2) is 0 Å². The zero-order valence-electron chi connectivity index (χ0n) is 24.5. The topological polar surface area (TPSA) is 0 Å². The van der Waals surface area contributed by atoms with Crippen molar-refractivity contribution >= 4 is 53.7 Å². The molecule has 8 aromatic rings. The lowest BCUT2D eigenvalue weighted by molar-refractivity contribution is 0.667. The summed E-state index contributed by atoms with van der Waals surface area (Å²) in [6.45, 7) is 7.03. The summed E-state index contributed by atoms with van der Waals surface area (Å²) in [5.74, 6) is 0. The molecule has 0 saturated heterocycles. The summed E-state index contributed by atoms with van der Waals surface area (Å²) in [7, 11) is 0. The molecule has 7 aromatic carbocycles. The van der Waals surface area contributed by atoms with Gasteiger partial charge >= 0.3 is 0 Å². The molecular weight excluding hydrogens is 537 g/mol. The largest absolute Gasteiger partial charge is 0.135 e. The third-order valence-corrected chi connectivity index (χ3v) is 10.9. The zero-order valence-corrected chi connectivity index (χ0v) is 25.3. The highest BCUT2D eigenvalue weighted by atomic mass is 32.1.